The van der Waals surface area contributed by atoms with E-state index in [0.717, 1.165) is 72.9 Å². The molecule has 0 bridgehead atoms. The van der Waals surface area contributed by atoms with E-state index in [4.69, 9.17) is 14.1 Å². The third kappa shape index (κ3) is 3.41. The molecule has 0 atom stereocenters. The molecule has 2 saturated heterocycles. The summed E-state index contributed by atoms with van der Waals surface area (Å²) in [5.74, 6) is 2.64. The van der Waals surface area contributed by atoms with E-state index in [2.05, 4.69) is 24.1 Å². The number of oxazole rings is 1. The zero-order chi connectivity index (χ0) is 19.9. The van der Waals surface area contributed by atoms with Crippen LogP contribution in [0.2, 0.25) is 0 Å². The molecule has 6 nitrogen and oxygen atoms in total. The summed E-state index contributed by atoms with van der Waals surface area (Å²) in [6, 6.07) is 3.99. The Morgan fingerprint density at radius 1 is 1.21 bits per heavy atom. The molecule has 0 aliphatic carbocycles. The predicted octanol–water partition coefficient (Wildman–Crippen LogP) is 3.38. The van der Waals surface area contributed by atoms with Gasteiger partial charge < -0.3 is 14.5 Å². The monoisotopic (exact) mass is 383 g/mol. The summed E-state index contributed by atoms with van der Waals surface area (Å²) >= 11 is 0. The Hall–Kier alpha value is -2.34. The maximum absolute atomic E-state index is 11.6. The van der Waals surface area contributed by atoms with Crippen molar-refractivity contribution < 1.29 is 13.9 Å². The number of aromatic nitrogens is 1. The van der Waals surface area contributed by atoms with Gasteiger partial charge in [-0.2, -0.15) is 0 Å². The lowest BCUT2D eigenvalue weighted by molar-refractivity contribution is -0.119. The zero-order valence-corrected chi connectivity index (χ0v) is 17.2. The summed E-state index contributed by atoms with van der Waals surface area (Å²) in [6.45, 7) is 9.74. The van der Waals surface area contributed by atoms with E-state index >= 15 is 0 Å². The fourth-order valence-electron chi connectivity index (χ4n) is 4.44. The van der Waals surface area contributed by atoms with Gasteiger partial charge in [0.25, 0.3) is 0 Å². The molecular weight excluding hydrogens is 354 g/mol. The molecular formula is C22H29N3O3. The second-order valence-corrected chi connectivity index (χ2v) is 8.32. The van der Waals surface area contributed by atoms with Crippen LogP contribution in [-0.2, 0) is 11.3 Å². The molecule has 1 amide bonds. The largest absolute Gasteiger partial charge is 0.496 e. The van der Waals surface area contributed by atoms with E-state index in [1.54, 1.807) is 7.11 Å². The highest BCUT2D eigenvalue weighted by atomic mass is 16.5. The fourth-order valence-corrected chi connectivity index (χ4v) is 4.44. The molecule has 150 valence electrons. The molecule has 0 radical (unpaired) electrons. The molecule has 1 N–H and O–H groups in total. The first-order valence-corrected chi connectivity index (χ1v) is 10.0. The molecule has 4 rings (SSSR count). The predicted molar refractivity (Wildman–Crippen MR) is 107 cm³/mol. The number of methoxy groups -OCH3 is 1. The van der Waals surface area contributed by atoms with Crippen molar-refractivity contribution in [1.29, 1.82) is 0 Å². The smallest absolute Gasteiger partial charge is 0.226 e. The van der Waals surface area contributed by atoms with Gasteiger partial charge in [-0.05, 0) is 75.4 Å². The van der Waals surface area contributed by atoms with Crippen LogP contribution in [0.5, 0.6) is 5.75 Å². The van der Waals surface area contributed by atoms with E-state index in [1.807, 2.05) is 19.1 Å². The first-order valence-electron chi connectivity index (χ1n) is 10.0. The number of piperidine rings is 1. The molecule has 28 heavy (non-hydrogen) atoms. The summed E-state index contributed by atoms with van der Waals surface area (Å²) in [6.07, 6.45) is 2.81. The maximum Gasteiger partial charge on any atom is 0.226 e. The number of rotatable bonds is 4. The summed E-state index contributed by atoms with van der Waals surface area (Å²) in [4.78, 5) is 18.9. The van der Waals surface area contributed by atoms with Crippen LogP contribution in [0.3, 0.4) is 0 Å². The summed E-state index contributed by atoms with van der Waals surface area (Å²) < 4.78 is 11.4. The van der Waals surface area contributed by atoms with Crippen LogP contribution in [0.4, 0.5) is 0 Å². The van der Waals surface area contributed by atoms with Gasteiger partial charge in [-0.25, -0.2) is 4.98 Å². The Morgan fingerprint density at radius 2 is 1.96 bits per heavy atom. The molecule has 2 fully saturated rings. The standard InChI is InChI=1S/C22H29N3O3/c1-14-15(2)19(27-4)6-5-17(14)21-24-18(16(3)28-21)12-25-9-7-22(8-10-25)11-20(26)23-13-22/h5-6H,7-13H2,1-4H3,(H,23,26). The highest BCUT2D eigenvalue weighted by Crippen LogP contribution is 2.38. The number of nitrogens with one attached hydrogen (secondary N) is 1. The Kier molecular flexibility index (Phi) is 4.91. The van der Waals surface area contributed by atoms with Crippen LogP contribution in [0.25, 0.3) is 11.5 Å². The Labute approximate surface area is 166 Å². The van der Waals surface area contributed by atoms with Crippen molar-refractivity contribution in [2.24, 2.45) is 5.41 Å². The van der Waals surface area contributed by atoms with Crippen LogP contribution < -0.4 is 10.1 Å². The Bertz CT molecular complexity index is 895. The number of hydrogen-bond acceptors (Lipinski definition) is 5. The van der Waals surface area contributed by atoms with Gasteiger partial charge in [-0.3, -0.25) is 9.69 Å². The number of ether oxygens (including phenoxy) is 1. The molecule has 2 aliphatic heterocycles. The highest BCUT2D eigenvalue weighted by Gasteiger charge is 2.40. The number of hydrogen-bond donors (Lipinski definition) is 1. The van der Waals surface area contributed by atoms with Crippen molar-refractivity contribution in [2.75, 3.05) is 26.7 Å². The molecule has 1 aromatic heterocycles. The van der Waals surface area contributed by atoms with Crippen LogP contribution in [0, 0.1) is 26.2 Å². The van der Waals surface area contributed by atoms with E-state index < -0.39 is 0 Å². The van der Waals surface area contributed by atoms with Gasteiger partial charge in [0.2, 0.25) is 11.8 Å². The van der Waals surface area contributed by atoms with Crippen molar-refractivity contribution >= 4 is 5.91 Å². The first kappa shape index (κ1) is 19.0. The van der Waals surface area contributed by atoms with E-state index in [9.17, 15) is 4.79 Å². The second-order valence-electron chi connectivity index (χ2n) is 8.32. The summed E-state index contributed by atoms with van der Waals surface area (Å²) in [5.41, 5.74) is 4.43. The van der Waals surface area contributed by atoms with Crippen LogP contribution in [-0.4, -0.2) is 42.5 Å². The minimum atomic E-state index is 0.176. The third-order valence-corrected chi connectivity index (χ3v) is 6.57. The lowest BCUT2D eigenvalue weighted by atomic mass is 9.77. The van der Waals surface area contributed by atoms with Crippen LogP contribution in [0.15, 0.2) is 16.5 Å². The second kappa shape index (κ2) is 7.24. The quantitative estimate of drug-likeness (QED) is 0.877. The van der Waals surface area contributed by atoms with Crippen molar-refractivity contribution in [2.45, 2.75) is 46.6 Å². The average molecular weight is 383 g/mol. The van der Waals surface area contributed by atoms with Crippen molar-refractivity contribution in [3.05, 3.63) is 34.7 Å². The highest BCUT2D eigenvalue weighted by molar-refractivity contribution is 5.79. The van der Waals surface area contributed by atoms with E-state index in [-0.39, 0.29) is 11.3 Å². The molecule has 1 spiro atoms. The first-order chi connectivity index (χ1) is 13.4. The summed E-state index contributed by atoms with van der Waals surface area (Å²) in [7, 11) is 1.69. The topological polar surface area (TPSA) is 67.6 Å². The van der Waals surface area contributed by atoms with Crippen molar-refractivity contribution in [3.63, 3.8) is 0 Å². The van der Waals surface area contributed by atoms with E-state index in [0.29, 0.717) is 12.3 Å². The number of likely N-dealkylation sites (tertiary alicyclic amines) is 1. The van der Waals surface area contributed by atoms with Gasteiger partial charge in [0.1, 0.15) is 11.5 Å². The molecule has 0 saturated carbocycles. The van der Waals surface area contributed by atoms with Gasteiger partial charge in [0, 0.05) is 25.1 Å². The zero-order valence-electron chi connectivity index (χ0n) is 17.2. The van der Waals surface area contributed by atoms with Gasteiger partial charge in [-0.15, -0.1) is 0 Å². The SMILES string of the molecule is COc1ccc(-c2nc(CN3CCC4(CC3)CNC(=O)C4)c(C)o2)c(C)c1C. The van der Waals surface area contributed by atoms with Crippen molar-refractivity contribution in [3.8, 4) is 17.2 Å². The minimum Gasteiger partial charge on any atom is -0.496 e. The lowest BCUT2D eigenvalue weighted by Gasteiger charge is -2.37. The Morgan fingerprint density at radius 3 is 2.61 bits per heavy atom. The number of carbonyl (C=O) groups is 1. The fraction of sp³-hybridized carbons (Fsp3) is 0.545. The third-order valence-electron chi connectivity index (χ3n) is 6.57. The number of nitrogens with zero attached hydrogens (tertiary/aromatic N) is 2. The minimum absolute atomic E-state index is 0.176. The number of carbonyl (C=O) groups excluding carboxylic acids is 1. The van der Waals surface area contributed by atoms with Gasteiger partial charge >= 0.3 is 0 Å². The van der Waals surface area contributed by atoms with Gasteiger partial charge in [0.15, 0.2) is 0 Å². The molecule has 1 aromatic carbocycles. The molecule has 3 heterocycles. The Balaban J connectivity index is 1.47. The van der Waals surface area contributed by atoms with Crippen molar-refractivity contribution in [1.82, 2.24) is 15.2 Å². The van der Waals surface area contributed by atoms with Crippen LogP contribution in [0.1, 0.15) is 41.8 Å². The van der Waals surface area contributed by atoms with E-state index in [1.165, 1.54) is 0 Å². The normalized spacial score (nSPS) is 19.2. The van der Waals surface area contributed by atoms with Gasteiger partial charge in [-0.1, -0.05) is 0 Å². The maximum atomic E-state index is 11.6. The average Bonchev–Trinajstić information content (AvgIpc) is 3.22. The molecule has 6 heteroatoms. The number of benzene rings is 1. The van der Waals surface area contributed by atoms with Crippen LogP contribution >= 0.6 is 0 Å². The summed E-state index contributed by atoms with van der Waals surface area (Å²) in [5, 5.41) is 3.00. The molecule has 0 unspecified atom stereocenters. The lowest BCUT2D eigenvalue weighted by Crippen LogP contribution is -2.40. The van der Waals surface area contributed by atoms with Gasteiger partial charge in [0.05, 0.1) is 12.8 Å². The molecule has 2 aliphatic rings. The number of aryl methyl sites for hydroxylation is 1. The molecule has 2 aromatic rings. The number of amides is 1.